The monoisotopic (exact) mass is 501 g/mol. The molecule has 7 heteroatoms. The Hall–Kier alpha value is -3.68. The maximum atomic E-state index is 9.40. The molecule has 2 aromatic carbocycles. The van der Waals surface area contributed by atoms with E-state index in [4.69, 9.17) is 9.15 Å². The number of hydrogen-bond acceptors (Lipinski definition) is 7. The topological polar surface area (TPSA) is 90.8 Å². The molecule has 7 nitrogen and oxygen atoms in total. The second-order valence-electron chi connectivity index (χ2n) is 8.51. The Morgan fingerprint density at radius 1 is 0.919 bits per heavy atom. The fraction of sp³-hybridized carbons (Fsp3) is 0.333. The fourth-order valence-electron chi connectivity index (χ4n) is 4.61. The smallest absolute Gasteiger partial charge is 0.216 e. The zero-order valence-corrected chi connectivity index (χ0v) is 21.8. The molecule has 0 atom stereocenters. The van der Waals surface area contributed by atoms with Gasteiger partial charge in [0.1, 0.15) is 18.0 Å². The summed E-state index contributed by atoms with van der Waals surface area (Å²) in [5.74, 6) is 1.13. The number of aliphatic imine (C=N–C) groups is 1. The maximum Gasteiger partial charge on any atom is 0.216 e. The maximum absolute atomic E-state index is 9.40. The molecule has 37 heavy (non-hydrogen) atoms. The molecule has 0 bridgehead atoms. The Labute approximate surface area is 217 Å². The third kappa shape index (κ3) is 5.68. The average molecular weight is 502 g/mol. The summed E-state index contributed by atoms with van der Waals surface area (Å²) < 4.78 is 12.3. The van der Waals surface area contributed by atoms with Crippen LogP contribution in [-0.2, 0) is 4.74 Å². The van der Waals surface area contributed by atoms with E-state index in [1.54, 1.807) is 0 Å². The molecule has 0 unspecified atom stereocenters. The van der Waals surface area contributed by atoms with Crippen molar-refractivity contribution in [1.82, 2.24) is 0 Å². The second-order valence-corrected chi connectivity index (χ2v) is 8.51. The van der Waals surface area contributed by atoms with Gasteiger partial charge in [0, 0.05) is 59.5 Å². The highest BCUT2D eigenvalue weighted by molar-refractivity contribution is 6.09. The summed E-state index contributed by atoms with van der Waals surface area (Å²) in [7, 11) is 0. The van der Waals surface area contributed by atoms with Crippen LogP contribution in [0.1, 0.15) is 26.3 Å². The van der Waals surface area contributed by atoms with Gasteiger partial charge in [0.25, 0.3) is 0 Å². The van der Waals surface area contributed by atoms with Gasteiger partial charge in [-0.2, -0.15) is 0 Å². The number of benzene rings is 3. The van der Waals surface area contributed by atoms with Crippen molar-refractivity contribution in [3.05, 3.63) is 71.6 Å². The van der Waals surface area contributed by atoms with Crippen molar-refractivity contribution < 1.29 is 19.4 Å². The molecule has 1 heterocycles. The molecule has 194 valence electrons. The summed E-state index contributed by atoms with van der Waals surface area (Å²) in [6.07, 6.45) is 0. The molecular formula is C30H35N3O4. The summed E-state index contributed by atoms with van der Waals surface area (Å²) in [6, 6.07) is 20.3. The van der Waals surface area contributed by atoms with Crippen LogP contribution in [0, 0.1) is 0 Å². The minimum absolute atomic E-state index is 0.0952. The van der Waals surface area contributed by atoms with Gasteiger partial charge in [-0.25, -0.2) is 4.99 Å². The number of nitrogens with zero attached hydrogens (tertiary/aromatic N) is 3. The van der Waals surface area contributed by atoms with Crippen LogP contribution in [0.4, 0.5) is 5.69 Å². The lowest BCUT2D eigenvalue weighted by molar-refractivity contribution is 0.193. The molecule has 1 aliphatic heterocycles. The molecule has 2 N–H and O–H groups in total. The minimum Gasteiger partial charge on any atom is -0.475 e. The average Bonchev–Trinajstić information content (AvgIpc) is 2.93. The van der Waals surface area contributed by atoms with Gasteiger partial charge in [-0.3, -0.25) is 4.99 Å². The number of aliphatic hydroxyl groups is 2. The van der Waals surface area contributed by atoms with Crippen LogP contribution < -0.4 is 10.3 Å². The van der Waals surface area contributed by atoms with Crippen molar-refractivity contribution in [1.29, 1.82) is 0 Å². The first-order valence-electron chi connectivity index (χ1n) is 12.9. The molecule has 2 aromatic rings. The van der Waals surface area contributed by atoms with Crippen molar-refractivity contribution in [3.8, 4) is 22.5 Å². The van der Waals surface area contributed by atoms with Crippen LogP contribution in [0.2, 0.25) is 0 Å². The van der Waals surface area contributed by atoms with Gasteiger partial charge in [0.05, 0.1) is 25.1 Å². The van der Waals surface area contributed by atoms with E-state index in [0.717, 1.165) is 63.1 Å². The molecular weight excluding hydrogens is 466 g/mol. The zero-order chi connectivity index (χ0) is 26.2. The van der Waals surface area contributed by atoms with Gasteiger partial charge >= 0.3 is 0 Å². The van der Waals surface area contributed by atoms with E-state index in [9.17, 15) is 10.2 Å². The number of fused-ring (bicyclic) bond motifs is 2. The van der Waals surface area contributed by atoms with Crippen molar-refractivity contribution in [2.45, 2.75) is 20.8 Å². The number of hydrogen-bond donors (Lipinski definition) is 2. The first kappa shape index (κ1) is 26.4. The lowest BCUT2D eigenvalue weighted by Gasteiger charge is -2.23. The second kappa shape index (κ2) is 12.5. The Kier molecular flexibility index (Phi) is 8.93. The predicted molar refractivity (Wildman–Crippen MR) is 149 cm³/mol. The normalized spacial score (nSPS) is 12.5. The summed E-state index contributed by atoms with van der Waals surface area (Å²) >= 11 is 0. The van der Waals surface area contributed by atoms with E-state index in [0.29, 0.717) is 12.4 Å². The van der Waals surface area contributed by atoms with Crippen molar-refractivity contribution in [2.75, 3.05) is 50.9 Å². The molecule has 0 spiro atoms. The van der Waals surface area contributed by atoms with Crippen LogP contribution in [0.25, 0.3) is 33.4 Å². The highest BCUT2D eigenvalue weighted by Crippen LogP contribution is 2.42. The molecule has 0 fully saturated rings. The Bertz CT molecular complexity index is 1410. The zero-order valence-electron chi connectivity index (χ0n) is 21.8. The lowest BCUT2D eigenvalue weighted by Crippen LogP contribution is -2.21. The molecule has 0 saturated heterocycles. The van der Waals surface area contributed by atoms with Crippen molar-refractivity contribution in [3.63, 3.8) is 0 Å². The number of rotatable bonds is 10. The largest absolute Gasteiger partial charge is 0.475 e. The number of ether oxygens (including phenoxy) is 1. The van der Waals surface area contributed by atoms with Crippen LogP contribution in [0.15, 0.2) is 75.1 Å². The van der Waals surface area contributed by atoms with Gasteiger partial charge in [0.15, 0.2) is 0 Å². The van der Waals surface area contributed by atoms with E-state index in [1.165, 1.54) is 0 Å². The SMILES string of the molecule is CCN=c1ccc2c(-c3ccccc3C(=NCCO)OCCO)c3ccc(N(CC)CC)cc3oc-2c1. The Morgan fingerprint density at radius 3 is 2.46 bits per heavy atom. The minimum atomic E-state index is -0.131. The van der Waals surface area contributed by atoms with Gasteiger partial charge in [-0.15, -0.1) is 0 Å². The van der Waals surface area contributed by atoms with Gasteiger partial charge < -0.3 is 24.3 Å². The highest BCUT2D eigenvalue weighted by atomic mass is 16.5. The molecule has 0 aromatic heterocycles. The lowest BCUT2D eigenvalue weighted by atomic mass is 9.90. The van der Waals surface area contributed by atoms with Crippen LogP contribution in [0.3, 0.4) is 0 Å². The summed E-state index contributed by atoms with van der Waals surface area (Å²) in [6.45, 7) is 8.88. The van der Waals surface area contributed by atoms with Crippen molar-refractivity contribution >= 4 is 22.6 Å². The Balaban J connectivity index is 2.05. The van der Waals surface area contributed by atoms with E-state index < -0.39 is 0 Å². The standard InChI is InChI=1S/C30H35N3O4/c1-4-31-21-11-13-25-27(19-21)37-28-20-22(33(5-2)6-3)12-14-26(28)29(25)23-9-7-8-10-24(23)30(32-15-16-34)36-18-17-35/h7-14,19-20,34-35H,4-6,15-18H2,1-3H3. The van der Waals surface area contributed by atoms with E-state index in [1.807, 2.05) is 43.3 Å². The van der Waals surface area contributed by atoms with Gasteiger partial charge in [-0.1, -0.05) is 18.2 Å². The predicted octanol–water partition coefficient (Wildman–Crippen LogP) is 4.72. The van der Waals surface area contributed by atoms with Crippen LogP contribution in [0.5, 0.6) is 0 Å². The molecule has 4 rings (SSSR count). The fourth-order valence-corrected chi connectivity index (χ4v) is 4.61. The third-order valence-corrected chi connectivity index (χ3v) is 6.27. The Morgan fingerprint density at radius 2 is 1.73 bits per heavy atom. The van der Waals surface area contributed by atoms with Crippen LogP contribution in [-0.4, -0.2) is 62.1 Å². The van der Waals surface area contributed by atoms with Crippen LogP contribution >= 0.6 is 0 Å². The number of anilines is 1. The van der Waals surface area contributed by atoms with Crippen molar-refractivity contribution in [2.24, 2.45) is 9.98 Å². The third-order valence-electron chi connectivity index (χ3n) is 6.27. The van der Waals surface area contributed by atoms with E-state index in [2.05, 4.69) is 53.0 Å². The summed E-state index contributed by atoms with van der Waals surface area (Å²) in [4.78, 5) is 11.3. The van der Waals surface area contributed by atoms with Gasteiger partial charge in [-0.05, 0) is 56.7 Å². The first-order chi connectivity index (χ1) is 18.1. The molecule has 2 aliphatic rings. The molecule has 0 saturated carbocycles. The molecule has 1 aliphatic carbocycles. The summed E-state index contributed by atoms with van der Waals surface area (Å²) in [5.41, 5.74) is 5.55. The van der Waals surface area contributed by atoms with Gasteiger partial charge in [0.2, 0.25) is 5.90 Å². The highest BCUT2D eigenvalue weighted by Gasteiger charge is 2.22. The molecule has 0 amide bonds. The first-order valence-corrected chi connectivity index (χ1v) is 12.9. The van der Waals surface area contributed by atoms with E-state index >= 15 is 0 Å². The van der Waals surface area contributed by atoms with E-state index in [-0.39, 0.29) is 26.4 Å². The molecule has 0 radical (unpaired) electrons. The summed E-state index contributed by atoms with van der Waals surface area (Å²) in [5, 5.41) is 20.6. The number of aliphatic hydroxyl groups excluding tert-OH is 2. The quantitative estimate of drug-likeness (QED) is 0.186.